The fourth-order valence-electron chi connectivity index (χ4n) is 4.75. The van der Waals surface area contributed by atoms with Gasteiger partial charge in [-0.2, -0.15) is 0 Å². The number of carboxylic acid groups (broad SMARTS) is 1. The van der Waals surface area contributed by atoms with Crippen molar-refractivity contribution in [3.8, 4) is 17.0 Å². The molecule has 37 heavy (non-hydrogen) atoms. The summed E-state index contributed by atoms with van der Waals surface area (Å²) >= 11 is 1.39. The Morgan fingerprint density at radius 3 is 2.49 bits per heavy atom. The minimum absolute atomic E-state index is 0.157. The molecule has 1 fully saturated rings. The van der Waals surface area contributed by atoms with Crippen LogP contribution in [0.25, 0.3) is 11.3 Å². The maximum Gasteiger partial charge on any atom is 0.326 e. The highest BCUT2D eigenvalue weighted by Crippen LogP contribution is 2.29. The van der Waals surface area contributed by atoms with Crippen molar-refractivity contribution < 1.29 is 19.4 Å². The molecule has 0 bridgehead atoms. The predicted molar refractivity (Wildman–Crippen MR) is 147 cm³/mol. The van der Waals surface area contributed by atoms with Gasteiger partial charge in [0, 0.05) is 29.8 Å². The molecule has 2 atom stereocenters. The predicted octanol–water partition coefficient (Wildman–Crippen LogP) is 5.90. The fourth-order valence-corrected chi connectivity index (χ4v) is 5.51. The van der Waals surface area contributed by atoms with Crippen LogP contribution in [0.15, 0.2) is 60.0 Å². The quantitative estimate of drug-likeness (QED) is 0.327. The minimum Gasteiger partial charge on any atom is -0.492 e. The third kappa shape index (κ3) is 7.10. The average molecular weight is 522 g/mol. The Balaban J connectivity index is 1.30. The van der Waals surface area contributed by atoms with Gasteiger partial charge in [-0.15, -0.1) is 11.3 Å². The average Bonchev–Trinajstić information content (AvgIpc) is 3.41. The third-order valence-electron chi connectivity index (χ3n) is 7.05. The molecule has 196 valence electrons. The number of amides is 1. The highest BCUT2D eigenvalue weighted by atomic mass is 32.1. The van der Waals surface area contributed by atoms with Gasteiger partial charge in [-0.3, -0.25) is 4.79 Å². The zero-order valence-electron chi connectivity index (χ0n) is 21.4. The molecule has 1 aliphatic carbocycles. The molecule has 1 unspecified atom stereocenters. The van der Waals surface area contributed by atoms with Crippen molar-refractivity contribution in [2.75, 3.05) is 25.5 Å². The summed E-state index contributed by atoms with van der Waals surface area (Å²) in [5, 5.41) is 15.5. The number of benzene rings is 2. The number of carboxylic acids is 1. The van der Waals surface area contributed by atoms with E-state index in [0.29, 0.717) is 24.0 Å². The summed E-state index contributed by atoms with van der Waals surface area (Å²) in [6, 6.07) is 16.5. The molecular weight excluding hydrogens is 486 g/mol. The first kappa shape index (κ1) is 26.7. The maximum absolute atomic E-state index is 12.6. The van der Waals surface area contributed by atoms with Crippen LogP contribution in [0.4, 0.5) is 5.13 Å². The lowest BCUT2D eigenvalue weighted by Crippen LogP contribution is -2.36. The SMILES string of the molecule is CC(c1ccc(OCCN(C)C(=O)C2CCCCC2)cc1)[C@H](Nc1nc(-c2ccccc2)cs1)C(=O)O. The normalized spacial score (nSPS) is 15.5. The Kier molecular flexibility index (Phi) is 9.17. The van der Waals surface area contributed by atoms with Crippen LogP contribution in [-0.2, 0) is 9.59 Å². The van der Waals surface area contributed by atoms with E-state index in [1.807, 2.05) is 73.9 Å². The Morgan fingerprint density at radius 1 is 1.11 bits per heavy atom. The number of hydrogen-bond donors (Lipinski definition) is 2. The third-order valence-corrected chi connectivity index (χ3v) is 7.82. The molecule has 4 rings (SSSR count). The van der Waals surface area contributed by atoms with Crippen molar-refractivity contribution in [1.82, 2.24) is 9.88 Å². The van der Waals surface area contributed by atoms with E-state index in [-0.39, 0.29) is 17.7 Å². The number of rotatable bonds is 11. The van der Waals surface area contributed by atoms with Crippen LogP contribution in [0.3, 0.4) is 0 Å². The summed E-state index contributed by atoms with van der Waals surface area (Å²) in [6.07, 6.45) is 5.50. The van der Waals surface area contributed by atoms with Crippen LogP contribution in [0, 0.1) is 5.92 Å². The number of nitrogens with zero attached hydrogens (tertiary/aromatic N) is 2. The number of hydrogen-bond acceptors (Lipinski definition) is 6. The zero-order valence-corrected chi connectivity index (χ0v) is 22.2. The first-order valence-electron chi connectivity index (χ1n) is 12.9. The highest BCUT2D eigenvalue weighted by molar-refractivity contribution is 7.14. The number of aromatic nitrogens is 1. The van der Waals surface area contributed by atoms with Gasteiger partial charge in [0.1, 0.15) is 18.4 Å². The lowest BCUT2D eigenvalue weighted by atomic mass is 9.88. The van der Waals surface area contributed by atoms with Crippen LogP contribution in [0.2, 0.25) is 0 Å². The molecule has 1 heterocycles. The Hall–Kier alpha value is -3.39. The molecule has 1 aromatic heterocycles. The molecule has 2 N–H and O–H groups in total. The standard InChI is InChI=1S/C29H35N3O4S/c1-20(26(28(34)35)31-29-30-25(19-37-29)22-9-5-3-6-10-22)21-13-15-24(16-14-21)36-18-17-32(2)27(33)23-11-7-4-8-12-23/h3,5-6,9-10,13-16,19-20,23,26H,4,7-8,11-12,17-18H2,1-2H3,(H,30,31)(H,34,35)/t20?,26-/m0/s1. The number of carbonyl (C=O) groups excluding carboxylic acids is 1. The van der Waals surface area contributed by atoms with E-state index in [1.54, 1.807) is 4.90 Å². The molecule has 2 aromatic carbocycles. The molecule has 1 amide bonds. The molecular formula is C29H35N3O4S. The van der Waals surface area contributed by atoms with Crippen molar-refractivity contribution in [2.45, 2.75) is 51.0 Å². The number of carbonyl (C=O) groups is 2. The monoisotopic (exact) mass is 521 g/mol. The molecule has 7 nitrogen and oxygen atoms in total. The zero-order chi connectivity index (χ0) is 26.2. The smallest absolute Gasteiger partial charge is 0.326 e. The molecule has 1 saturated carbocycles. The van der Waals surface area contributed by atoms with Gasteiger partial charge in [-0.25, -0.2) is 9.78 Å². The van der Waals surface area contributed by atoms with Gasteiger partial charge < -0.3 is 20.1 Å². The number of aliphatic carboxylic acids is 1. The molecule has 0 aliphatic heterocycles. The molecule has 0 radical (unpaired) electrons. The van der Waals surface area contributed by atoms with Crippen molar-refractivity contribution >= 4 is 28.3 Å². The number of ether oxygens (including phenoxy) is 1. The van der Waals surface area contributed by atoms with E-state index in [1.165, 1.54) is 17.8 Å². The number of likely N-dealkylation sites (N-methyl/N-ethyl adjacent to an activating group) is 1. The second-order valence-corrected chi connectivity index (χ2v) is 10.5. The topological polar surface area (TPSA) is 91.8 Å². The highest BCUT2D eigenvalue weighted by Gasteiger charge is 2.27. The van der Waals surface area contributed by atoms with Crippen molar-refractivity contribution in [3.63, 3.8) is 0 Å². The number of thiazole rings is 1. The van der Waals surface area contributed by atoms with Crippen molar-refractivity contribution in [2.24, 2.45) is 5.92 Å². The Morgan fingerprint density at radius 2 is 1.81 bits per heavy atom. The van der Waals surface area contributed by atoms with Crippen LogP contribution in [0.1, 0.15) is 50.5 Å². The van der Waals surface area contributed by atoms with Crippen LogP contribution < -0.4 is 10.1 Å². The molecule has 8 heteroatoms. The summed E-state index contributed by atoms with van der Waals surface area (Å²) in [4.78, 5) is 31.0. The summed E-state index contributed by atoms with van der Waals surface area (Å²) in [6.45, 7) is 2.84. The van der Waals surface area contributed by atoms with Gasteiger partial charge in [0.15, 0.2) is 5.13 Å². The van der Waals surface area contributed by atoms with Gasteiger partial charge in [0.25, 0.3) is 0 Å². The summed E-state index contributed by atoms with van der Waals surface area (Å²) in [5.41, 5.74) is 2.70. The van der Waals surface area contributed by atoms with Crippen molar-refractivity contribution in [1.29, 1.82) is 0 Å². The van der Waals surface area contributed by atoms with E-state index < -0.39 is 12.0 Å². The second kappa shape index (κ2) is 12.7. The van der Waals surface area contributed by atoms with E-state index in [0.717, 1.165) is 42.5 Å². The lowest BCUT2D eigenvalue weighted by molar-refractivity contribution is -0.138. The van der Waals surface area contributed by atoms with Crippen LogP contribution >= 0.6 is 11.3 Å². The van der Waals surface area contributed by atoms with Gasteiger partial charge in [-0.05, 0) is 30.5 Å². The van der Waals surface area contributed by atoms with Crippen LogP contribution in [0.5, 0.6) is 5.75 Å². The second-order valence-electron chi connectivity index (χ2n) is 9.67. The molecule has 1 aliphatic rings. The lowest BCUT2D eigenvalue weighted by Gasteiger charge is -2.26. The van der Waals surface area contributed by atoms with E-state index in [2.05, 4.69) is 10.3 Å². The van der Waals surface area contributed by atoms with Gasteiger partial charge in [0.2, 0.25) is 5.91 Å². The summed E-state index contributed by atoms with van der Waals surface area (Å²) in [5.74, 6) is -0.160. The van der Waals surface area contributed by atoms with Gasteiger partial charge in [-0.1, -0.05) is 68.7 Å². The van der Waals surface area contributed by atoms with E-state index in [4.69, 9.17) is 4.74 Å². The molecule has 3 aromatic rings. The Bertz CT molecular complexity index is 1160. The van der Waals surface area contributed by atoms with E-state index >= 15 is 0 Å². The number of anilines is 1. The fraction of sp³-hybridized carbons (Fsp3) is 0.414. The van der Waals surface area contributed by atoms with Gasteiger partial charge >= 0.3 is 5.97 Å². The molecule has 0 saturated heterocycles. The van der Waals surface area contributed by atoms with E-state index in [9.17, 15) is 14.7 Å². The maximum atomic E-state index is 12.6. The summed E-state index contributed by atoms with van der Waals surface area (Å²) < 4.78 is 5.86. The first-order chi connectivity index (χ1) is 17.9. The number of nitrogens with one attached hydrogen (secondary N) is 1. The van der Waals surface area contributed by atoms with Crippen LogP contribution in [-0.4, -0.2) is 53.1 Å². The minimum atomic E-state index is -0.935. The molecule has 0 spiro atoms. The van der Waals surface area contributed by atoms with Crippen molar-refractivity contribution in [3.05, 3.63) is 65.5 Å². The Labute approximate surface area is 222 Å². The summed E-state index contributed by atoms with van der Waals surface area (Å²) in [7, 11) is 1.84. The first-order valence-corrected chi connectivity index (χ1v) is 13.8. The van der Waals surface area contributed by atoms with Gasteiger partial charge in [0.05, 0.1) is 12.2 Å². The largest absolute Gasteiger partial charge is 0.492 e.